The number of hydrogen-bond acceptors (Lipinski definition) is 2. The Kier molecular flexibility index (Phi) is 13.3. The number of nitrogens with zero attached hydrogens (tertiary/aromatic N) is 2. The van der Waals surface area contributed by atoms with Crippen LogP contribution in [0.2, 0.25) is 0 Å². The number of rotatable bonds is 9. The second-order valence-electron chi connectivity index (χ2n) is 11.0. The summed E-state index contributed by atoms with van der Waals surface area (Å²) in [6.45, 7) is 23.4. The molecule has 3 rings (SSSR count). The number of halogens is 4. The van der Waals surface area contributed by atoms with Crippen molar-refractivity contribution in [2.75, 3.05) is 0 Å². The van der Waals surface area contributed by atoms with Crippen LogP contribution in [0, 0.1) is 13.8 Å². The second-order valence-corrected chi connectivity index (χ2v) is 13.4. The van der Waals surface area contributed by atoms with E-state index in [4.69, 9.17) is 0 Å². The van der Waals surface area contributed by atoms with Crippen LogP contribution < -0.4 is 15.3 Å². The van der Waals surface area contributed by atoms with Gasteiger partial charge in [-0.05, 0) is 87.8 Å². The molecule has 1 saturated carbocycles. The quantitative estimate of drug-likeness (QED) is 0.271. The fourth-order valence-corrected chi connectivity index (χ4v) is 8.85. The maximum atomic E-state index is 9.67. The molecule has 2 unspecified atom stereocenters. The van der Waals surface area contributed by atoms with E-state index in [0.717, 1.165) is 0 Å². The molecule has 1 fully saturated rings. The zero-order valence-electron chi connectivity index (χ0n) is 24.1. The van der Waals surface area contributed by atoms with Crippen molar-refractivity contribution in [3.05, 3.63) is 59.7 Å². The zero-order valence-corrected chi connectivity index (χ0v) is 25.0. The van der Waals surface area contributed by atoms with Gasteiger partial charge < -0.3 is 4.70 Å². The maximum Gasteiger partial charge on any atom is 0.762 e. The molecule has 0 spiro atoms. The minimum absolute atomic E-state index is 0. The molecule has 37 heavy (non-hydrogen) atoms. The van der Waals surface area contributed by atoms with E-state index in [-0.39, 0.29) is 4.70 Å². The average Bonchev–Trinajstić information content (AvgIpc) is 3.42. The molecular weight excluding hydrogens is 494 g/mol. The Balaban J connectivity index is 0.00000127. The molecule has 0 amide bonds. The van der Waals surface area contributed by atoms with Crippen molar-refractivity contribution in [2.24, 2.45) is 0 Å². The molecule has 2 aromatic rings. The van der Waals surface area contributed by atoms with Gasteiger partial charge in [0, 0.05) is 41.9 Å². The van der Waals surface area contributed by atoms with Crippen LogP contribution in [-0.2, 0) is 0 Å². The first kappa shape index (κ1) is 33.6. The summed E-state index contributed by atoms with van der Waals surface area (Å²) in [7, 11) is -4.12. The predicted molar refractivity (Wildman–Crippen MR) is 153 cm³/mol. The van der Waals surface area contributed by atoms with Gasteiger partial charge in [-0.25, -0.2) is 0 Å². The molecule has 0 radical (unpaired) electrons. The topological polar surface area (TPSA) is 6.48 Å². The van der Waals surface area contributed by atoms with E-state index in [9.17, 15) is 12.9 Å². The molecule has 1 aliphatic rings. The van der Waals surface area contributed by atoms with Crippen LogP contribution in [0.5, 0.6) is 0 Å². The van der Waals surface area contributed by atoms with Crippen molar-refractivity contribution in [3.8, 4) is 0 Å². The van der Waals surface area contributed by atoms with Crippen molar-refractivity contribution >= 4 is 26.1 Å². The molecule has 0 aliphatic heterocycles. The smallest absolute Gasteiger partial charge is 0.762 e. The highest BCUT2D eigenvalue weighted by molar-refractivity contribution is 7.74. The van der Waals surface area contributed by atoms with Gasteiger partial charge in [0.2, 0.25) is 0 Å². The Morgan fingerprint density at radius 3 is 1.05 bits per heavy atom. The number of benzene rings is 2. The first-order valence-corrected chi connectivity index (χ1v) is 14.6. The summed E-state index contributed by atoms with van der Waals surface area (Å²) < 4.78 is 29.0. The Hall–Kier alpha value is -1.43. The van der Waals surface area contributed by atoms with E-state index in [1.165, 1.54) is 21.7 Å². The molecule has 0 heterocycles. The van der Waals surface area contributed by atoms with Gasteiger partial charge >= 0.3 is 7.54 Å². The molecule has 2 nitrogen and oxygen atoms in total. The van der Waals surface area contributed by atoms with Gasteiger partial charge in [-0.2, -0.15) is 0 Å². The van der Waals surface area contributed by atoms with Crippen molar-refractivity contribution in [3.63, 3.8) is 0 Å². The lowest BCUT2D eigenvalue weighted by molar-refractivity contribution is -0.0000118. The monoisotopic (exact) mass is 539 g/mol. The van der Waals surface area contributed by atoms with Gasteiger partial charge in [0.15, 0.2) is 0 Å². The highest BCUT2D eigenvalue weighted by Crippen LogP contribution is 2.57. The molecule has 0 N–H and O–H groups in total. The number of hydrogen-bond donors (Lipinski definition) is 0. The Labute approximate surface area is 224 Å². The molecule has 2 aromatic carbocycles. The molecule has 0 bridgehead atoms. The largest absolute Gasteiger partial charge is 1.00 e. The van der Waals surface area contributed by atoms with Gasteiger partial charge in [0.1, 0.15) is 0 Å². The van der Waals surface area contributed by atoms with E-state index in [2.05, 4.69) is 128 Å². The minimum Gasteiger partial charge on any atom is -1.00 e. The van der Waals surface area contributed by atoms with Crippen LogP contribution in [0.1, 0.15) is 66.5 Å². The summed E-state index contributed by atoms with van der Waals surface area (Å²) >= 11 is 0. The van der Waals surface area contributed by atoms with Crippen molar-refractivity contribution in [1.82, 2.24) is 9.80 Å². The van der Waals surface area contributed by atoms with E-state index in [1.807, 2.05) is 0 Å². The third kappa shape index (κ3) is 8.80. The standard InChI is InChI=1S/C29H45N2P.BF3.FH/c1-19(2)30(20(3)4)27-28(31(21(5)6)22(7)8)29(27)32(25-15-11-23(9)12-16-25)26-17-13-24(10)14-18-26;2-1(3)4;/h11-22,27-29H,1-10H3;;1H/p-1. The highest BCUT2D eigenvalue weighted by Gasteiger charge is 2.61. The molecular formula is C29H45BF4N2P-. The minimum atomic E-state index is -3.67. The van der Waals surface area contributed by atoms with E-state index in [0.29, 0.717) is 41.9 Å². The first-order chi connectivity index (χ1) is 16.8. The zero-order chi connectivity index (χ0) is 27.3. The van der Waals surface area contributed by atoms with Gasteiger partial charge in [0.05, 0.1) is 0 Å². The Morgan fingerprint density at radius 2 is 0.838 bits per heavy atom. The van der Waals surface area contributed by atoms with Crippen LogP contribution in [-0.4, -0.2) is 59.3 Å². The first-order valence-electron chi connectivity index (χ1n) is 13.2. The van der Waals surface area contributed by atoms with Gasteiger partial charge in [-0.3, -0.25) is 22.7 Å². The number of aryl methyl sites for hydroxylation is 2. The summed E-state index contributed by atoms with van der Waals surface area (Å²) in [6.07, 6.45) is 0. The predicted octanol–water partition coefficient (Wildman–Crippen LogP) is 3.98. The second kappa shape index (κ2) is 14.7. The lowest BCUT2D eigenvalue weighted by Crippen LogP contribution is -3.00. The van der Waals surface area contributed by atoms with E-state index in [1.54, 1.807) is 0 Å². The lowest BCUT2D eigenvalue weighted by Gasteiger charge is -2.35. The summed E-state index contributed by atoms with van der Waals surface area (Å²) in [4.78, 5) is 5.59. The van der Waals surface area contributed by atoms with Crippen LogP contribution >= 0.6 is 7.92 Å². The third-order valence-electron chi connectivity index (χ3n) is 6.90. The normalized spacial score (nSPS) is 19.1. The van der Waals surface area contributed by atoms with Crippen LogP contribution in [0.4, 0.5) is 12.9 Å². The van der Waals surface area contributed by atoms with E-state index >= 15 is 0 Å². The van der Waals surface area contributed by atoms with Crippen LogP contribution in [0.25, 0.3) is 0 Å². The summed E-state index contributed by atoms with van der Waals surface area (Å²) in [5.41, 5.74) is 3.33. The molecule has 2 atom stereocenters. The average molecular weight is 539 g/mol. The molecule has 0 saturated heterocycles. The molecule has 8 heteroatoms. The van der Waals surface area contributed by atoms with Gasteiger partial charge in [-0.15, -0.1) is 0 Å². The van der Waals surface area contributed by atoms with Crippen molar-refractivity contribution in [2.45, 2.75) is 111 Å². The third-order valence-corrected chi connectivity index (χ3v) is 9.82. The Bertz CT molecular complexity index is 832. The fraction of sp³-hybridized carbons (Fsp3) is 0.586. The summed E-state index contributed by atoms with van der Waals surface area (Å²) in [5, 5.41) is 3.04. The maximum absolute atomic E-state index is 9.67. The Morgan fingerprint density at radius 1 is 0.595 bits per heavy atom. The van der Waals surface area contributed by atoms with Crippen LogP contribution in [0.3, 0.4) is 0 Å². The molecule has 208 valence electrons. The fourth-order valence-electron chi connectivity index (χ4n) is 5.75. The van der Waals surface area contributed by atoms with E-state index < -0.39 is 15.5 Å². The highest BCUT2D eigenvalue weighted by atomic mass is 31.1. The SMILES string of the molecule is Cc1ccc(P(c2ccc(C)cc2)C2C(N(C(C)C)C(C)C)C2N(C(C)C)C(C)C)cc1.FB(F)F.[F-]. The van der Waals surface area contributed by atoms with Crippen LogP contribution in [0.15, 0.2) is 48.5 Å². The summed E-state index contributed by atoms with van der Waals surface area (Å²) in [6, 6.07) is 22.2. The van der Waals surface area contributed by atoms with Crippen molar-refractivity contribution in [1.29, 1.82) is 0 Å². The summed E-state index contributed by atoms with van der Waals surface area (Å²) in [5.74, 6) is 0. The molecule has 0 aromatic heterocycles. The molecule has 1 aliphatic carbocycles. The lowest BCUT2D eigenvalue weighted by atomic mass is 10.2. The van der Waals surface area contributed by atoms with Crippen molar-refractivity contribution < 1.29 is 17.7 Å². The van der Waals surface area contributed by atoms with Gasteiger partial charge in [0.25, 0.3) is 0 Å². The van der Waals surface area contributed by atoms with Gasteiger partial charge in [-0.1, -0.05) is 59.7 Å².